The number of benzene rings is 2. The van der Waals surface area contributed by atoms with Gasteiger partial charge >= 0.3 is 5.97 Å². The Hall–Kier alpha value is -3.63. The van der Waals surface area contributed by atoms with Crippen LogP contribution in [0.4, 0.5) is 5.69 Å². The second-order valence-corrected chi connectivity index (χ2v) is 8.54. The number of amides is 2. The number of aromatic nitrogens is 3. The normalized spacial score (nSPS) is 10.5. The minimum Gasteiger partial charge on any atom is -0.478 e. The molecule has 11 heteroatoms. The van der Waals surface area contributed by atoms with Crippen molar-refractivity contribution in [2.45, 2.75) is 25.2 Å². The van der Waals surface area contributed by atoms with Crippen LogP contribution >= 0.6 is 23.4 Å². The standard InChI is InChI=1S/C23H22ClN5O4S/c1-3-9-29-19(12-25-21(31)15-6-4-5-14(2)10-15)27-28-23(29)34-13-20(30)26-18-11-16(22(32)33)7-8-17(18)24/h3-8,10-11H,1,9,12-13H2,2H3,(H,25,31)(H,26,30)(H,32,33). The van der Waals surface area contributed by atoms with Crippen molar-refractivity contribution in [3.8, 4) is 0 Å². The largest absolute Gasteiger partial charge is 0.478 e. The van der Waals surface area contributed by atoms with Gasteiger partial charge in [-0.3, -0.25) is 9.59 Å². The molecule has 0 radical (unpaired) electrons. The molecule has 0 saturated heterocycles. The first kappa shape index (κ1) is 25.0. The summed E-state index contributed by atoms with van der Waals surface area (Å²) in [7, 11) is 0. The minimum atomic E-state index is -1.12. The third-order valence-electron chi connectivity index (χ3n) is 4.61. The molecular formula is C23H22ClN5O4S. The van der Waals surface area contributed by atoms with E-state index < -0.39 is 11.9 Å². The summed E-state index contributed by atoms with van der Waals surface area (Å²) in [6.45, 7) is 6.19. The molecule has 3 aromatic rings. The van der Waals surface area contributed by atoms with Crippen molar-refractivity contribution in [2.75, 3.05) is 11.1 Å². The van der Waals surface area contributed by atoms with E-state index in [0.29, 0.717) is 23.1 Å². The van der Waals surface area contributed by atoms with Crippen molar-refractivity contribution in [3.63, 3.8) is 0 Å². The van der Waals surface area contributed by atoms with E-state index in [1.807, 2.05) is 19.1 Å². The third-order valence-corrected chi connectivity index (χ3v) is 5.91. The van der Waals surface area contributed by atoms with E-state index in [0.717, 1.165) is 17.3 Å². The summed E-state index contributed by atoms with van der Waals surface area (Å²) >= 11 is 7.20. The molecule has 0 bridgehead atoms. The number of aromatic carboxylic acids is 1. The lowest BCUT2D eigenvalue weighted by molar-refractivity contribution is -0.113. The number of anilines is 1. The summed E-state index contributed by atoms with van der Waals surface area (Å²) in [4.78, 5) is 36.0. The zero-order valence-corrected chi connectivity index (χ0v) is 19.8. The van der Waals surface area contributed by atoms with Gasteiger partial charge < -0.3 is 20.3 Å². The topological polar surface area (TPSA) is 126 Å². The van der Waals surface area contributed by atoms with E-state index in [4.69, 9.17) is 16.7 Å². The van der Waals surface area contributed by atoms with Crippen LogP contribution in [0.2, 0.25) is 5.02 Å². The molecule has 0 aliphatic carbocycles. The smallest absolute Gasteiger partial charge is 0.335 e. The zero-order valence-electron chi connectivity index (χ0n) is 18.2. The number of aryl methyl sites for hydroxylation is 1. The summed E-state index contributed by atoms with van der Waals surface area (Å²) in [5.41, 5.74) is 1.75. The lowest BCUT2D eigenvalue weighted by Gasteiger charge is -2.10. The number of carbonyl (C=O) groups is 3. The van der Waals surface area contributed by atoms with E-state index in [1.165, 1.54) is 18.2 Å². The molecule has 0 saturated carbocycles. The van der Waals surface area contributed by atoms with E-state index in [-0.39, 0.29) is 34.5 Å². The first-order valence-electron chi connectivity index (χ1n) is 10.1. The number of thioether (sulfide) groups is 1. The fraction of sp³-hybridized carbons (Fsp3) is 0.174. The number of allylic oxidation sites excluding steroid dienone is 1. The highest BCUT2D eigenvalue weighted by molar-refractivity contribution is 7.99. The SMILES string of the molecule is C=CCn1c(CNC(=O)c2cccc(C)c2)nnc1SCC(=O)Nc1cc(C(=O)O)ccc1Cl. The van der Waals surface area contributed by atoms with Crippen molar-refractivity contribution in [2.24, 2.45) is 0 Å². The van der Waals surface area contributed by atoms with Crippen LogP contribution in [0.5, 0.6) is 0 Å². The first-order chi connectivity index (χ1) is 16.3. The Morgan fingerprint density at radius 2 is 1.97 bits per heavy atom. The van der Waals surface area contributed by atoms with Gasteiger partial charge in [0.25, 0.3) is 5.91 Å². The second-order valence-electron chi connectivity index (χ2n) is 7.19. The molecular weight excluding hydrogens is 478 g/mol. The summed E-state index contributed by atoms with van der Waals surface area (Å²) in [5.74, 6) is -1.25. The quantitative estimate of drug-likeness (QED) is 0.286. The van der Waals surface area contributed by atoms with Crippen LogP contribution in [0, 0.1) is 6.92 Å². The Balaban J connectivity index is 1.63. The predicted molar refractivity (Wildman–Crippen MR) is 130 cm³/mol. The lowest BCUT2D eigenvalue weighted by Crippen LogP contribution is -2.25. The van der Waals surface area contributed by atoms with Crippen LogP contribution in [0.3, 0.4) is 0 Å². The maximum Gasteiger partial charge on any atom is 0.335 e. The second kappa shape index (κ2) is 11.5. The molecule has 2 amide bonds. The number of carboxylic acids is 1. The minimum absolute atomic E-state index is 0.00966. The van der Waals surface area contributed by atoms with Gasteiger partial charge in [0.05, 0.1) is 28.6 Å². The zero-order chi connectivity index (χ0) is 24.7. The molecule has 1 aromatic heterocycles. The van der Waals surface area contributed by atoms with Crippen LogP contribution < -0.4 is 10.6 Å². The fourth-order valence-electron chi connectivity index (χ4n) is 2.99. The van der Waals surface area contributed by atoms with Gasteiger partial charge in [0.2, 0.25) is 5.91 Å². The number of rotatable bonds is 10. The average molecular weight is 500 g/mol. The highest BCUT2D eigenvalue weighted by atomic mass is 35.5. The Bertz CT molecular complexity index is 1240. The molecule has 0 aliphatic heterocycles. The van der Waals surface area contributed by atoms with Crippen molar-refractivity contribution in [1.29, 1.82) is 0 Å². The summed E-state index contributed by atoms with van der Waals surface area (Å²) in [6, 6.07) is 11.3. The molecule has 1 heterocycles. The van der Waals surface area contributed by atoms with Crippen molar-refractivity contribution >= 4 is 46.8 Å². The van der Waals surface area contributed by atoms with Crippen LogP contribution in [0.15, 0.2) is 60.3 Å². The molecule has 34 heavy (non-hydrogen) atoms. The van der Waals surface area contributed by atoms with Gasteiger partial charge in [-0.05, 0) is 37.3 Å². The van der Waals surface area contributed by atoms with Crippen molar-refractivity contribution in [3.05, 3.63) is 82.7 Å². The molecule has 9 nitrogen and oxygen atoms in total. The number of hydrogen-bond donors (Lipinski definition) is 3. The van der Waals surface area contributed by atoms with Gasteiger partial charge in [-0.2, -0.15) is 0 Å². The predicted octanol–water partition coefficient (Wildman–Crippen LogP) is 3.78. The highest BCUT2D eigenvalue weighted by Crippen LogP contribution is 2.24. The van der Waals surface area contributed by atoms with E-state index in [1.54, 1.807) is 22.8 Å². The van der Waals surface area contributed by atoms with Gasteiger partial charge in [-0.1, -0.05) is 47.1 Å². The summed E-state index contributed by atoms with van der Waals surface area (Å²) in [5, 5.41) is 23.5. The Morgan fingerprint density at radius 3 is 2.68 bits per heavy atom. The van der Waals surface area contributed by atoms with Gasteiger partial charge in [0, 0.05) is 12.1 Å². The number of hydrogen-bond acceptors (Lipinski definition) is 6. The molecule has 0 unspecified atom stereocenters. The molecule has 0 fully saturated rings. The van der Waals surface area contributed by atoms with Gasteiger partial charge in [-0.25, -0.2) is 4.79 Å². The molecule has 3 N–H and O–H groups in total. The van der Waals surface area contributed by atoms with Crippen LogP contribution in [-0.2, 0) is 17.9 Å². The van der Waals surface area contributed by atoms with Gasteiger partial charge in [-0.15, -0.1) is 16.8 Å². The number of nitrogens with one attached hydrogen (secondary N) is 2. The molecule has 2 aromatic carbocycles. The Kier molecular flexibility index (Phi) is 8.44. The Morgan fingerprint density at radius 1 is 1.18 bits per heavy atom. The lowest BCUT2D eigenvalue weighted by atomic mass is 10.1. The maximum absolute atomic E-state index is 12.4. The molecule has 176 valence electrons. The van der Waals surface area contributed by atoms with Crippen LogP contribution in [-0.4, -0.2) is 43.4 Å². The van der Waals surface area contributed by atoms with E-state index in [9.17, 15) is 14.4 Å². The average Bonchev–Trinajstić information content (AvgIpc) is 3.19. The summed E-state index contributed by atoms with van der Waals surface area (Å²) in [6.07, 6.45) is 1.66. The van der Waals surface area contributed by atoms with Crippen LogP contribution in [0.1, 0.15) is 32.1 Å². The highest BCUT2D eigenvalue weighted by Gasteiger charge is 2.16. The van der Waals surface area contributed by atoms with Gasteiger partial charge in [0.15, 0.2) is 11.0 Å². The third kappa shape index (κ3) is 6.46. The number of halogens is 1. The Labute approximate surface area is 205 Å². The van der Waals surface area contributed by atoms with E-state index in [2.05, 4.69) is 27.4 Å². The molecule has 0 atom stereocenters. The van der Waals surface area contributed by atoms with Crippen molar-refractivity contribution < 1.29 is 19.5 Å². The molecule has 0 spiro atoms. The van der Waals surface area contributed by atoms with E-state index >= 15 is 0 Å². The number of nitrogens with zero attached hydrogens (tertiary/aromatic N) is 3. The molecule has 3 rings (SSSR count). The fourth-order valence-corrected chi connectivity index (χ4v) is 3.92. The monoisotopic (exact) mass is 499 g/mol. The first-order valence-corrected chi connectivity index (χ1v) is 11.5. The van der Waals surface area contributed by atoms with Crippen LogP contribution in [0.25, 0.3) is 0 Å². The maximum atomic E-state index is 12.4. The molecule has 0 aliphatic rings. The summed E-state index contributed by atoms with van der Waals surface area (Å²) < 4.78 is 1.75. The number of carbonyl (C=O) groups excluding carboxylic acids is 2. The number of carboxylic acid groups (broad SMARTS) is 1. The van der Waals surface area contributed by atoms with Crippen molar-refractivity contribution in [1.82, 2.24) is 20.1 Å². The van der Waals surface area contributed by atoms with Gasteiger partial charge in [0.1, 0.15) is 0 Å².